The summed E-state index contributed by atoms with van der Waals surface area (Å²) in [6.07, 6.45) is 0.315. The number of amides is 1. The Balaban J connectivity index is 1.75. The first kappa shape index (κ1) is 26.5. The van der Waals surface area contributed by atoms with Crippen molar-refractivity contribution in [2.75, 3.05) is 48.9 Å². The number of para-hydroxylation sites is 1. The molecule has 3 aromatic rings. The second-order valence-corrected chi connectivity index (χ2v) is 8.43. The molecule has 2 N–H and O–H groups in total. The molecule has 0 spiro atoms. The van der Waals surface area contributed by atoms with Gasteiger partial charge in [0.25, 0.3) is 5.91 Å². The number of carbonyl (C=O) groups is 2. The zero-order chi connectivity index (χ0) is 26.1. The average molecular weight is 492 g/mol. The fraction of sp³-hybridized carbons (Fsp3) is 0.333. The van der Waals surface area contributed by atoms with Crippen molar-refractivity contribution in [2.24, 2.45) is 0 Å². The quantitative estimate of drug-likeness (QED) is 0.396. The maximum Gasteiger partial charge on any atom is 0.308 e. The molecule has 0 aliphatic heterocycles. The summed E-state index contributed by atoms with van der Waals surface area (Å²) in [5.74, 6) is 1.32. The summed E-state index contributed by atoms with van der Waals surface area (Å²) in [4.78, 5) is 37.1. The molecule has 0 unspecified atom stereocenters. The molecule has 190 valence electrons. The van der Waals surface area contributed by atoms with Gasteiger partial charge in [0.15, 0.2) is 6.61 Å². The van der Waals surface area contributed by atoms with Crippen LogP contribution in [0.5, 0.6) is 5.75 Å². The molecule has 3 rings (SSSR count). The predicted molar refractivity (Wildman–Crippen MR) is 141 cm³/mol. The van der Waals surface area contributed by atoms with Gasteiger partial charge in [-0.15, -0.1) is 0 Å². The number of aliphatic carboxylic acids is 1. The lowest BCUT2D eigenvalue weighted by Gasteiger charge is -2.26. The Morgan fingerprint density at radius 2 is 1.58 bits per heavy atom. The molecule has 0 saturated heterocycles. The van der Waals surface area contributed by atoms with Gasteiger partial charge in [0.2, 0.25) is 0 Å². The van der Waals surface area contributed by atoms with Gasteiger partial charge in [0.1, 0.15) is 23.2 Å². The van der Waals surface area contributed by atoms with Gasteiger partial charge in [0, 0.05) is 44.9 Å². The zero-order valence-electron chi connectivity index (χ0n) is 21.2. The minimum absolute atomic E-state index is 0.0796. The Hall–Kier alpha value is -4.14. The Labute approximate surface area is 211 Å². The fourth-order valence-electron chi connectivity index (χ4n) is 3.80. The van der Waals surface area contributed by atoms with Crippen LogP contribution in [0.1, 0.15) is 30.8 Å². The SMILES string of the molecule is CCN(CC)c1nc(Cc2ccc(NC(=O)COc3ccccc3)cc2)nc(N(C)C)c1CC(=O)O. The van der Waals surface area contributed by atoms with Gasteiger partial charge in [-0.25, -0.2) is 9.97 Å². The van der Waals surface area contributed by atoms with Gasteiger partial charge < -0.3 is 25.0 Å². The van der Waals surface area contributed by atoms with Crippen LogP contribution in [0.3, 0.4) is 0 Å². The number of aromatic nitrogens is 2. The molecule has 9 nitrogen and oxygen atoms in total. The third-order valence-electron chi connectivity index (χ3n) is 5.54. The molecule has 0 radical (unpaired) electrons. The summed E-state index contributed by atoms with van der Waals surface area (Å²) < 4.78 is 5.48. The van der Waals surface area contributed by atoms with E-state index < -0.39 is 5.97 Å². The predicted octanol–water partition coefficient (Wildman–Crippen LogP) is 3.62. The molecule has 0 atom stereocenters. The van der Waals surface area contributed by atoms with Crippen LogP contribution in [0.15, 0.2) is 54.6 Å². The van der Waals surface area contributed by atoms with E-state index in [-0.39, 0.29) is 18.9 Å². The molecule has 0 aliphatic rings. The highest BCUT2D eigenvalue weighted by Crippen LogP contribution is 2.28. The van der Waals surface area contributed by atoms with Crippen molar-refractivity contribution < 1.29 is 19.4 Å². The van der Waals surface area contributed by atoms with Gasteiger partial charge in [0.05, 0.1) is 6.42 Å². The lowest BCUT2D eigenvalue weighted by molar-refractivity contribution is -0.136. The molecule has 0 aliphatic carbocycles. The maximum atomic E-state index is 12.2. The number of ether oxygens (including phenoxy) is 1. The Kier molecular flexibility index (Phi) is 9.21. The Morgan fingerprint density at radius 1 is 0.944 bits per heavy atom. The van der Waals surface area contributed by atoms with Crippen molar-refractivity contribution in [3.05, 3.63) is 71.5 Å². The van der Waals surface area contributed by atoms with E-state index in [0.29, 0.717) is 54.0 Å². The van der Waals surface area contributed by atoms with Gasteiger partial charge >= 0.3 is 5.97 Å². The maximum absolute atomic E-state index is 12.2. The van der Waals surface area contributed by atoms with E-state index in [2.05, 4.69) is 5.32 Å². The number of carbonyl (C=O) groups excluding carboxylic acids is 1. The summed E-state index contributed by atoms with van der Waals surface area (Å²) >= 11 is 0. The molecule has 1 aromatic heterocycles. The highest BCUT2D eigenvalue weighted by Gasteiger charge is 2.21. The minimum atomic E-state index is -0.922. The first-order chi connectivity index (χ1) is 17.3. The highest BCUT2D eigenvalue weighted by molar-refractivity contribution is 5.91. The summed E-state index contributed by atoms with van der Waals surface area (Å²) in [5.41, 5.74) is 2.24. The van der Waals surface area contributed by atoms with Crippen LogP contribution >= 0.6 is 0 Å². The monoisotopic (exact) mass is 491 g/mol. The number of carboxylic acid groups (broad SMARTS) is 1. The second-order valence-electron chi connectivity index (χ2n) is 8.43. The van der Waals surface area contributed by atoms with E-state index in [9.17, 15) is 14.7 Å². The van der Waals surface area contributed by atoms with Gasteiger partial charge in [-0.3, -0.25) is 9.59 Å². The van der Waals surface area contributed by atoms with Crippen molar-refractivity contribution >= 4 is 29.2 Å². The van der Waals surface area contributed by atoms with Crippen LogP contribution < -0.4 is 19.9 Å². The lowest BCUT2D eigenvalue weighted by atomic mass is 10.1. The smallest absolute Gasteiger partial charge is 0.308 e. The number of benzene rings is 2. The Morgan fingerprint density at radius 3 is 2.17 bits per heavy atom. The van der Waals surface area contributed by atoms with Crippen LogP contribution in [0.4, 0.5) is 17.3 Å². The third kappa shape index (κ3) is 7.18. The molecule has 0 saturated carbocycles. The number of anilines is 3. The van der Waals surface area contributed by atoms with Crippen LogP contribution in [0, 0.1) is 0 Å². The number of rotatable bonds is 12. The fourth-order valence-corrected chi connectivity index (χ4v) is 3.80. The van der Waals surface area contributed by atoms with Crippen molar-refractivity contribution in [3.8, 4) is 5.75 Å². The van der Waals surface area contributed by atoms with E-state index in [1.165, 1.54) is 0 Å². The largest absolute Gasteiger partial charge is 0.484 e. The average Bonchev–Trinajstić information content (AvgIpc) is 2.86. The molecule has 9 heteroatoms. The van der Waals surface area contributed by atoms with Crippen LogP contribution in [-0.2, 0) is 22.4 Å². The first-order valence-electron chi connectivity index (χ1n) is 11.9. The van der Waals surface area contributed by atoms with E-state index in [1.54, 1.807) is 12.1 Å². The van der Waals surface area contributed by atoms with Gasteiger partial charge in [-0.1, -0.05) is 30.3 Å². The number of nitrogens with one attached hydrogen (secondary N) is 1. The van der Waals surface area contributed by atoms with Crippen molar-refractivity contribution in [1.29, 1.82) is 0 Å². The molecule has 0 bridgehead atoms. The molecule has 2 aromatic carbocycles. The van der Waals surface area contributed by atoms with Crippen LogP contribution in [0.2, 0.25) is 0 Å². The lowest BCUT2D eigenvalue weighted by Crippen LogP contribution is -2.28. The van der Waals surface area contributed by atoms with Crippen molar-refractivity contribution in [2.45, 2.75) is 26.7 Å². The molecular formula is C27H33N5O4. The van der Waals surface area contributed by atoms with E-state index in [4.69, 9.17) is 14.7 Å². The first-order valence-corrected chi connectivity index (χ1v) is 11.9. The van der Waals surface area contributed by atoms with E-state index in [1.807, 2.05) is 80.2 Å². The number of nitrogens with zero attached hydrogens (tertiary/aromatic N) is 4. The van der Waals surface area contributed by atoms with Crippen LogP contribution in [-0.4, -0.2) is 60.7 Å². The summed E-state index contributed by atoms with van der Waals surface area (Å²) in [5, 5.41) is 12.3. The van der Waals surface area contributed by atoms with Crippen molar-refractivity contribution in [1.82, 2.24) is 9.97 Å². The highest BCUT2D eigenvalue weighted by atomic mass is 16.5. The zero-order valence-corrected chi connectivity index (χ0v) is 21.2. The van der Waals surface area contributed by atoms with Crippen LogP contribution in [0.25, 0.3) is 0 Å². The normalized spacial score (nSPS) is 10.6. The standard InChI is InChI=1S/C27H33N5O4/c1-5-32(6-2)27-22(17-25(34)35)26(31(3)4)29-23(30-27)16-19-12-14-20(15-13-19)28-24(33)18-36-21-10-8-7-9-11-21/h7-15H,5-6,16-18H2,1-4H3,(H,28,33)(H,34,35). The number of carboxylic acids is 1. The van der Waals surface area contributed by atoms with E-state index in [0.717, 1.165) is 5.56 Å². The van der Waals surface area contributed by atoms with Gasteiger partial charge in [-0.2, -0.15) is 0 Å². The topological polar surface area (TPSA) is 108 Å². The molecule has 1 heterocycles. The summed E-state index contributed by atoms with van der Waals surface area (Å²) in [6, 6.07) is 16.7. The van der Waals surface area contributed by atoms with Crippen molar-refractivity contribution in [3.63, 3.8) is 0 Å². The number of hydrogen-bond acceptors (Lipinski definition) is 7. The summed E-state index contributed by atoms with van der Waals surface area (Å²) in [6.45, 7) is 5.36. The minimum Gasteiger partial charge on any atom is -0.484 e. The molecular weight excluding hydrogens is 458 g/mol. The molecule has 0 fully saturated rings. The molecule has 36 heavy (non-hydrogen) atoms. The molecule has 1 amide bonds. The van der Waals surface area contributed by atoms with Gasteiger partial charge in [-0.05, 0) is 43.7 Å². The Bertz CT molecular complexity index is 1160. The number of hydrogen-bond donors (Lipinski definition) is 2. The summed E-state index contributed by atoms with van der Waals surface area (Å²) in [7, 11) is 3.70. The second kappa shape index (κ2) is 12.5. The van der Waals surface area contributed by atoms with E-state index >= 15 is 0 Å². The third-order valence-corrected chi connectivity index (χ3v) is 5.54.